The Hall–Kier alpha value is 0.137. The summed E-state index contributed by atoms with van der Waals surface area (Å²) in [4.78, 5) is 7.17. The van der Waals surface area contributed by atoms with Crippen molar-refractivity contribution in [2.75, 3.05) is 14.1 Å². The van der Waals surface area contributed by atoms with Gasteiger partial charge in [0.15, 0.2) is 0 Å². The maximum Gasteiger partial charge on any atom is 0.203 e. The van der Waals surface area contributed by atoms with Gasteiger partial charge in [0.05, 0.1) is 0 Å². The lowest BCUT2D eigenvalue weighted by Crippen LogP contribution is -2.62. The summed E-state index contributed by atoms with van der Waals surface area (Å²) in [6.07, 6.45) is 5.79. The molecule has 0 spiro atoms. The standard InChI is InChI=1S/C9H22N2Si/c1-4-12(10-2,11-3)9-7-5-6-8-9/h9-11H,4-8H2,1-3H3. The molecule has 1 fully saturated rings. The van der Waals surface area contributed by atoms with Crippen LogP contribution in [0.4, 0.5) is 0 Å². The van der Waals surface area contributed by atoms with Gasteiger partial charge in [0.2, 0.25) is 8.40 Å². The van der Waals surface area contributed by atoms with Crippen molar-refractivity contribution in [3.8, 4) is 0 Å². The third kappa shape index (κ3) is 1.73. The average Bonchev–Trinajstić information content (AvgIpc) is 2.62. The van der Waals surface area contributed by atoms with Gasteiger partial charge in [-0.15, -0.1) is 0 Å². The van der Waals surface area contributed by atoms with E-state index >= 15 is 0 Å². The molecule has 0 saturated heterocycles. The molecule has 0 radical (unpaired) electrons. The summed E-state index contributed by atoms with van der Waals surface area (Å²) in [6.45, 7) is 2.32. The van der Waals surface area contributed by atoms with Crippen molar-refractivity contribution >= 4 is 8.40 Å². The molecule has 0 heterocycles. The van der Waals surface area contributed by atoms with Gasteiger partial charge in [-0.1, -0.05) is 32.6 Å². The van der Waals surface area contributed by atoms with E-state index in [9.17, 15) is 0 Å². The van der Waals surface area contributed by atoms with Crippen molar-refractivity contribution in [3.05, 3.63) is 0 Å². The highest BCUT2D eigenvalue weighted by Crippen LogP contribution is 2.37. The van der Waals surface area contributed by atoms with Crippen LogP contribution >= 0.6 is 0 Å². The molecule has 72 valence electrons. The van der Waals surface area contributed by atoms with Gasteiger partial charge in [-0.05, 0) is 25.7 Å². The van der Waals surface area contributed by atoms with Crippen LogP contribution in [-0.4, -0.2) is 22.5 Å². The number of nitrogens with one attached hydrogen (secondary N) is 2. The minimum Gasteiger partial charge on any atom is -0.328 e. The van der Waals surface area contributed by atoms with E-state index in [1.54, 1.807) is 0 Å². The fourth-order valence-electron chi connectivity index (χ4n) is 2.59. The van der Waals surface area contributed by atoms with Crippen molar-refractivity contribution in [1.82, 2.24) is 9.96 Å². The van der Waals surface area contributed by atoms with Crippen LogP contribution in [0.3, 0.4) is 0 Å². The quantitative estimate of drug-likeness (QED) is 0.655. The maximum atomic E-state index is 3.58. The minimum atomic E-state index is -1.28. The Balaban J connectivity index is 2.61. The molecule has 0 atom stereocenters. The van der Waals surface area contributed by atoms with Gasteiger partial charge in [0, 0.05) is 0 Å². The van der Waals surface area contributed by atoms with Crippen molar-refractivity contribution < 1.29 is 0 Å². The van der Waals surface area contributed by atoms with Crippen LogP contribution in [0.1, 0.15) is 32.6 Å². The molecule has 1 aliphatic rings. The summed E-state index contributed by atoms with van der Waals surface area (Å²) in [5.41, 5.74) is 0.970. The molecule has 2 N–H and O–H groups in total. The first-order valence-electron chi connectivity index (χ1n) is 5.17. The first-order valence-corrected chi connectivity index (χ1v) is 7.45. The van der Waals surface area contributed by atoms with E-state index in [1.165, 1.54) is 31.7 Å². The summed E-state index contributed by atoms with van der Waals surface area (Å²) in [7, 11) is 2.97. The van der Waals surface area contributed by atoms with Crippen LogP contribution in [0.25, 0.3) is 0 Å². The second kappa shape index (κ2) is 4.39. The molecule has 0 unspecified atom stereocenters. The molecule has 1 aliphatic carbocycles. The summed E-state index contributed by atoms with van der Waals surface area (Å²) in [5, 5.41) is 0. The summed E-state index contributed by atoms with van der Waals surface area (Å²) in [5.74, 6) is 0. The van der Waals surface area contributed by atoms with Crippen LogP contribution in [0.5, 0.6) is 0 Å². The predicted molar refractivity (Wildman–Crippen MR) is 56.6 cm³/mol. The van der Waals surface area contributed by atoms with Crippen molar-refractivity contribution in [1.29, 1.82) is 0 Å². The van der Waals surface area contributed by atoms with E-state index in [4.69, 9.17) is 0 Å². The molecular weight excluding hydrogens is 164 g/mol. The number of hydrogen-bond acceptors (Lipinski definition) is 2. The largest absolute Gasteiger partial charge is 0.328 e. The smallest absolute Gasteiger partial charge is 0.203 e. The van der Waals surface area contributed by atoms with Gasteiger partial charge < -0.3 is 9.96 Å². The fourth-order valence-corrected chi connectivity index (χ4v) is 6.34. The maximum absolute atomic E-state index is 3.58. The van der Waals surface area contributed by atoms with E-state index in [0.717, 1.165) is 5.54 Å². The van der Waals surface area contributed by atoms with Gasteiger partial charge in [-0.25, -0.2) is 0 Å². The highest BCUT2D eigenvalue weighted by molar-refractivity contribution is 6.76. The van der Waals surface area contributed by atoms with E-state index in [1.807, 2.05) is 0 Å². The molecule has 12 heavy (non-hydrogen) atoms. The van der Waals surface area contributed by atoms with Crippen LogP contribution < -0.4 is 9.96 Å². The lowest BCUT2D eigenvalue weighted by atomic mass is 10.4. The monoisotopic (exact) mass is 186 g/mol. The van der Waals surface area contributed by atoms with Crippen molar-refractivity contribution in [2.45, 2.75) is 44.2 Å². The molecule has 1 saturated carbocycles. The van der Waals surface area contributed by atoms with Crippen LogP contribution in [0.2, 0.25) is 11.6 Å². The zero-order valence-electron chi connectivity index (χ0n) is 8.61. The third-order valence-corrected chi connectivity index (χ3v) is 8.37. The zero-order chi connectivity index (χ0) is 9.03. The fraction of sp³-hybridized carbons (Fsp3) is 1.00. The van der Waals surface area contributed by atoms with Gasteiger partial charge >= 0.3 is 0 Å². The second-order valence-electron chi connectivity index (χ2n) is 3.81. The Morgan fingerprint density at radius 1 is 1.17 bits per heavy atom. The first kappa shape index (κ1) is 10.2. The van der Waals surface area contributed by atoms with Crippen molar-refractivity contribution in [2.24, 2.45) is 0 Å². The van der Waals surface area contributed by atoms with E-state index < -0.39 is 8.40 Å². The SMILES string of the molecule is CC[Si](NC)(NC)C1CCCC1. The van der Waals surface area contributed by atoms with Crippen LogP contribution in [0.15, 0.2) is 0 Å². The first-order chi connectivity index (χ1) is 5.79. The molecule has 2 nitrogen and oxygen atoms in total. The van der Waals surface area contributed by atoms with E-state index in [-0.39, 0.29) is 0 Å². The van der Waals surface area contributed by atoms with Crippen molar-refractivity contribution in [3.63, 3.8) is 0 Å². The summed E-state index contributed by atoms with van der Waals surface area (Å²) >= 11 is 0. The topological polar surface area (TPSA) is 24.1 Å². The highest BCUT2D eigenvalue weighted by Gasteiger charge is 2.39. The molecule has 0 aromatic heterocycles. The molecule has 0 aromatic carbocycles. The summed E-state index contributed by atoms with van der Waals surface area (Å²) in [6, 6.07) is 1.31. The molecule has 0 aliphatic heterocycles. The van der Waals surface area contributed by atoms with E-state index in [0.29, 0.717) is 0 Å². The van der Waals surface area contributed by atoms with E-state index in [2.05, 4.69) is 31.0 Å². The molecule has 0 aromatic rings. The second-order valence-corrected chi connectivity index (χ2v) is 8.27. The minimum absolute atomic E-state index is 0.970. The number of rotatable bonds is 4. The molecule has 1 rings (SSSR count). The Kier molecular flexibility index (Phi) is 3.74. The zero-order valence-corrected chi connectivity index (χ0v) is 9.61. The lowest BCUT2D eigenvalue weighted by Gasteiger charge is -2.34. The third-order valence-electron chi connectivity index (χ3n) is 3.50. The Labute approximate surface area is 77.3 Å². The normalized spacial score (nSPS) is 20.2. The Morgan fingerprint density at radius 3 is 2.00 bits per heavy atom. The van der Waals surface area contributed by atoms with Gasteiger partial charge in [0.25, 0.3) is 0 Å². The molecule has 0 amide bonds. The van der Waals surface area contributed by atoms with Gasteiger partial charge in [0.1, 0.15) is 0 Å². The number of hydrogen-bond donors (Lipinski definition) is 2. The Bertz CT molecular complexity index is 120. The van der Waals surface area contributed by atoms with Gasteiger partial charge in [-0.2, -0.15) is 0 Å². The average molecular weight is 186 g/mol. The summed E-state index contributed by atoms with van der Waals surface area (Å²) < 4.78 is 0. The van der Waals surface area contributed by atoms with Gasteiger partial charge in [-0.3, -0.25) is 0 Å². The highest BCUT2D eigenvalue weighted by atomic mass is 28.3. The predicted octanol–water partition coefficient (Wildman–Crippen LogP) is 1.83. The lowest BCUT2D eigenvalue weighted by molar-refractivity contribution is 0.760. The Morgan fingerprint density at radius 2 is 1.67 bits per heavy atom. The molecule has 0 bridgehead atoms. The van der Waals surface area contributed by atoms with Crippen LogP contribution in [-0.2, 0) is 0 Å². The van der Waals surface area contributed by atoms with Crippen LogP contribution in [0, 0.1) is 0 Å². The molecular formula is C9H22N2Si. The molecule has 3 heteroatoms.